The fourth-order valence-corrected chi connectivity index (χ4v) is 14.3. The van der Waals surface area contributed by atoms with Gasteiger partial charge in [-0.2, -0.15) is 0 Å². The fourth-order valence-electron chi connectivity index (χ4n) is 11.6. The zero-order valence-corrected chi connectivity index (χ0v) is 53.9. The third-order valence-electron chi connectivity index (χ3n) is 15.8. The zero-order chi connectivity index (χ0) is 57.4. The van der Waals surface area contributed by atoms with Crippen LogP contribution in [0.25, 0.3) is 31.7 Å². The van der Waals surface area contributed by atoms with Crippen molar-refractivity contribution in [3.05, 3.63) is 189 Å². The normalized spacial score (nSPS) is 20.5. The summed E-state index contributed by atoms with van der Waals surface area (Å²) in [5, 5.41) is 33.6. The molecule has 0 bridgehead atoms. The number of rotatable bonds is 6. The summed E-state index contributed by atoms with van der Waals surface area (Å²) in [6, 6.07) is 23.9. The molecule has 24 heteroatoms. The molecule has 6 aliphatic rings. The van der Waals surface area contributed by atoms with Gasteiger partial charge in [-0.15, -0.1) is 0 Å². The SMILES string of the molecule is CB(O)N1CCN(C2c3ccc(Cl)cc3C=C(Br)c3cc(Cl)cnc32)CC1.CB(O)N1CCN([C@@H]2c3ccc(Cl)cc3C=C(Br)c3cc(Cl)cnc32)CC1.CB(O)N1CCN([C@H]2c3ccc(Cl)cc3C=C(Br)c3cc(Cl)cnc32)CC1. The lowest BCUT2D eigenvalue weighted by molar-refractivity contribution is 0.144. The third-order valence-corrected chi connectivity index (χ3v) is 19.1. The molecule has 420 valence electrons. The Hall–Kier alpha value is -2.66. The first-order chi connectivity index (χ1) is 38.8. The third kappa shape index (κ3) is 14.0. The van der Waals surface area contributed by atoms with E-state index in [2.05, 4.69) is 113 Å². The molecule has 0 spiro atoms. The summed E-state index contributed by atoms with van der Waals surface area (Å²) in [5.74, 6) is 0. The van der Waals surface area contributed by atoms with E-state index in [-0.39, 0.29) is 18.1 Å². The number of aromatic nitrogens is 3. The molecule has 3 N–H and O–H groups in total. The highest BCUT2D eigenvalue weighted by Gasteiger charge is 2.37. The number of pyridine rings is 3. The van der Waals surface area contributed by atoms with Gasteiger partial charge >= 0.3 is 21.2 Å². The van der Waals surface area contributed by atoms with E-state index in [0.717, 1.165) is 142 Å². The molecule has 1 unspecified atom stereocenters. The first-order valence-electron chi connectivity index (χ1n) is 26.8. The second-order valence-corrected chi connectivity index (χ2v) is 26.1. The first-order valence-corrected chi connectivity index (χ1v) is 31.4. The van der Waals surface area contributed by atoms with Crippen molar-refractivity contribution in [3.8, 4) is 0 Å². The van der Waals surface area contributed by atoms with Crippen LogP contribution in [0.2, 0.25) is 50.6 Å². The summed E-state index contributed by atoms with van der Waals surface area (Å²) >= 11 is 48.7. The van der Waals surface area contributed by atoms with Crippen LogP contribution in [-0.2, 0) is 0 Å². The maximum Gasteiger partial charge on any atom is 0.376 e. The highest BCUT2D eigenvalue weighted by Crippen LogP contribution is 2.46. The summed E-state index contributed by atoms with van der Waals surface area (Å²) in [4.78, 5) is 27.7. The molecule has 12 nitrogen and oxygen atoms in total. The molecule has 3 aromatic carbocycles. The van der Waals surface area contributed by atoms with Crippen molar-refractivity contribution in [3.63, 3.8) is 0 Å². The van der Waals surface area contributed by atoms with Crippen LogP contribution < -0.4 is 0 Å². The summed E-state index contributed by atoms with van der Waals surface area (Å²) in [7, 11) is -1.27. The number of piperazine rings is 3. The fraction of sp³-hybridized carbons (Fsp3) is 0.316. The van der Waals surface area contributed by atoms with Crippen LogP contribution in [0.3, 0.4) is 0 Å². The van der Waals surface area contributed by atoms with Crippen LogP contribution in [0.4, 0.5) is 0 Å². The molecule has 6 heterocycles. The Morgan fingerprint density at radius 1 is 0.383 bits per heavy atom. The lowest BCUT2D eigenvalue weighted by Crippen LogP contribution is -2.52. The molecule has 81 heavy (non-hydrogen) atoms. The average molecular weight is 1400 g/mol. The van der Waals surface area contributed by atoms with E-state index < -0.39 is 21.2 Å². The van der Waals surface area contributed by atoms with Crippen LogP contribution in [0.1, 0.15) is 85.3 Å². The molecule has 3 aromatic heterocycles. The van der Waals surface area contributed by atoms with Gasteiger partial charge in [-0.05, 0) is 127 Å². The minimum atomic E-state index is -0.424. The van der Waals surface area contributed by atoms with E-state index >= 15 is 0 Å². The maximum atomic E-state index is 9.88. The Morgan fingerprint density at radius 3 is 0.864 bits per heavy atom. The second-order valence-electron chi connectivity index (χ2n) is 20.9. The van der Waals surface area contributed by atoms with Gasteiger partial charge in [0.2, 0.25) is 0 Å². The Labute approximate surface area is 530 Å². The molecule has 3 saturated heterocycles. The highest BCUT2D eigenvalue weighted by atomic mass is 79.9. The van der Waals surface area contributed by atoms with Crippen molar-refractivity contribution in [1.82, 2.24) is 44.1 Å². The number of nitrogens with zero attached hydrogens (tertiary/aromatic N) is 9. The van der Waals surface area contributed by atoms with Gasteiger partial charge in [0.05, 0.1) is 50.3 Å². The lowest BCUT2D eigenvalue weighted by atomic mass is 9.84. The van der Waals surface area contributed by atoms with Crippen molar-refractivity contribution in [1.29, 1.82) is 0 Å². The van der Waals surface area contributed by atoms with E-state index in [0.29, 0.717) is 30.1 Å². The van der Waals surface area contributed by atoms with E-state index in [4.69, 9.17) is 84.6 Å². The van der Waals surface area contributed by atoms with Gasteiger partial charge in [0.25, 0.3) is 0 Å². The van der Waals surface area contributed by atoms with Gasteiger partial charge in [-0.1, -0.05) is 136 Å². The van der Waals surface area contributed by atoms with Crippen LogP contribution in [0.5, 0.6) is 0 Å². The lowest BCUT2D eigenvalue weighted by Gasteiger charge is -2.40. The van der Waals surface area contributed by atoms with Crippen molar-refractivity contribution >= 4 is 170 Å². The monoisotopic (exact) mass is 1400 g/mol. The molecular formula is C57H57B3Br3Cl6N9O3. The molecule has 3 fully saturated rings. The summed E-state index contributed by atoms with van der Waals surface area (Å²) in [6.45, 7) is 15.4. The van der Waals surface area contributed by atoms with Gasteiger partial charge in [-0.3, -0.25) is 29.7 Å². The van der Waals surface area contributed by atoms with Crippen LogP contribution in [0.15, 0.2) is 91.4 Å². The minimum absolute atomic E-state index is 0.00647. The Morgan fingerprint density at radius 2 is 0.630 bits per heavy atom. The van der Waals surface area contributed by atoms with Gasteiger partial charge in [0.1, 0.15) is 0 Å². The Kier molecular flexibility index (Phi) is 20.4. The zero-order valence-electron chi connectivity index (χ0n) is 44.6. The van der Waals surface area contributed by atoms with Gasteiger partial charge in [-0.25, -0.2) is 0 Å². The van der Waals surface area contributed by atoms with Crippen molar-refractivity contribution in [2.24, 2.45) is 0 Å². The number of fused-ring (bicyclic) bond motifs is 6. The second kappa shape index (κ2) is 26.9. The van der Waals surface area contributed by atoms with Gasteiger partial charge in [0, 0.05) is 142 Å². The molecule has 12 rings (SSSR count). The van der Waals surface area contributed by atoms with E-state index in [1.165, 1.54) is 16.7 Å². The minimum Gasteiger partial charge on any atom is -0.437 e. The standard InChI is InChI=1S/3C19H19BBrCl2N3O/c3*1-20(27)26-6-4-25(5-7-26)19-15-3-2-13(22)8-12(15)9-17(21)16-10-14(23)11-24-18(16)19/h3*2-3,8-11,19,27H,4-7H2,1H3/t2*19-;/m10./s1. The Balaban J connectivity index is 0.000000136. The predicted octanol–water partition coefficient (Wildman–Crippen LogP) is 13.2. The molecule has 0 saturated carbocycles. The maximum absolute atomic E-state index is 9.88. The van der Waals surface area contributed by atoms with E-state index in [1.54, 1.807) is 18.6 Å². The number of halogens is 9. The van der Waals surface area contributed by atoms with Crippen molar-refractivity contribution in [2.45, 2.75) is 38.6 Å². The first kappa shape index (κ1) is 61.4. The number of hydrogen-bond acceptors (Lipinski definition) is 12. The van der Waals surface area contributed by atoms with Gasteiger partial charge < -0.3 is 29.5 Å². The number of hydrogen-bond donors (Lipinski definition) is 3. The topological polar surface area (TPSA) is 119 Å². The largest absolute Gasteiger partial charge is 0.437 e. The highest BCUT2D eigenvalue weighted by molar-refractivity contribution is 9.15. The van der Waals surface area contributed by atoms with Gasteiger partial charge in [0.15, 0.2) is 0 Å². The number of benzene rings is 3. The van der Waals surface area contributed by atoms with Crippen molar-refractivity contribution < 1.29 is 15.1 Å². The summed E-state index contributed by atoms with van der Waals surface area (Å²) in [6.07, 6.45) is 11.4. The van der Waals surface area contributed by atoms with E-state index in [9.17, 15) is 15.1 Å². The molecule has 0 amide bonds. The molecule has 3 atom stereocenters. The average Bonchev–Trinajstić information content (AvgIpc) is 3.91. The molecule has 6 aromatic rings. The molecular weight excluding hydrogens is 1340 g/mol. The molecule has 3 aliphatic carbocycles. The van der Waals surface area contributed by atoms with Crippen LogP contribution in [0, 0.1) is 0 Å². The smallest absolute Gasteiger partial charge is 0.376 e. The summed E-state index contributed by atoms with van der Waals surface area (Å²) in [5.41, 5.74) is 12.7. The van der Waals surface area contributed by atoms with Crippen LogP contribution in [-0.4, -0.2) is 159 Å². The quantitative estimate of drug-likeness (QED) is 0.138. The van der Waals surface area contributed by atoms with E-state index in [1.807, 2.05) is 75.1 Å². The predicted molar refractivity (Wildman–Crippen MR) is 349 cm³/mol. The molecule has 0 radical (unpaired) electrons. The van der Waals surface area contributed by atoms with Crippen molar-refractivity contribution in [2.75, 3.05) is 78.5 Å². The summed E-state index contributed by atoms with van der Waals surface area (Å²) < 4.78 is 2.84. The molecule has 3 aliphatic heterocycles. The Bertz CT molecular complexity index is 3050. The van der Waals surface area contributed by atoms with Crippen LogP contribution >= 0.6 is 117 Å².